The molecule has 1 aromatic rings. The molecule has 0 aromatic heterocycles. The number of hydrogen-bond donors (Lipinski definition) is 1. The number of likely N-dealkylation sites (N-methyl/N-ethyl adjacent to an activating group) is 1. The zero-order valence-corrected chi connectivity index (χ0v) is 12.4. The summed E-state index contributed by atoms with van der Waals surface area (Å²) in [5, 5.41) is 0. The van der Waals surface area contributed by atoms with Crippen LogP contribution >= 0.6 is 0 Å². The van der Waals surface area contributed by atoms with Crippen molar-refractivity contribution < 1.29 is 4.74 Å². The molecule has 0 spiro atoms. The quantitative estimate of drug-likeness (QED) is 0.921. The Kier molecular flexibility index (Phi) is 4.39. The van der Waals surface area contributed by atoms with Gasteiger partial charge in [-0.25, -0.2) is 0 Å². The molecule has 1 aromatic carbocycles. The molecule has 0 amide bonds. The van der Waals surface area contributed by atoms with Crippen molar-refractivity contribution in [2.45, 2.75) is 57.3 Å². The average molecular weight is 274 g/mol. The van der Waals surface area contributed by atoms with Crippen molar-refractivity contribution in [2.75, 3.05) is 13.2 Å². The Morgan fingerprint density at radius 1 is 1.20 bits per heavy atom. The van der Waals surface area contributed by atoms with Crippen LogP contribution in [0.25, 0.3) is 0 Å². The third kappa shape index (κ3) is 2.76. The second-order valence-corrected chi connectivity index (χ2v) is 6.13. The number of nitrogens with two attached hydrogens (primary N) is 1. The normalized spacial score (nSPS) is 30.2. The predicted molar refractivity (Wildman–Crippen MR) is 81.5 cm³/mol. The topological polar surface area (TPSA) is 38.5 Å². The molecule has 1 aliphatic heterocycles. The van der Waals surface area contributed by atoms with E-state index < -0.39 is 0 Å². The Hall–Kier alpha value is -0.900. The van der Waals surface area contributed by atoms with Crippen LogP contribution in [0.1, 0.15) is 49.8 Å². The largest absolute Gasteiger partial charge is 0.375 e. The van der Waals surface area contributed by atoms with Gasteiger partial charge in [-0.2, -0.15) is 0 Å². The van der Waals surface area contributed by atoms with Crippen molar-refractivity contribution in [3.8, 4) is 0 Å². The van der Waals surface area contributed by atoms with Gasteiger partial charge >= 0.3 is 0 Å². The fourth-order valence-corrected chi connectivity index (χ4v) is 3.80. The van der Waals surface area contributed by atoms with Gasteiger partial charge in [-0.15, -0.1) is 0 Å². The smallest absolute Gasteiger partial charge is 0.0721 e. The maximum Gasteiger partial charge on any atom is 0.0721 e. The van der Waals surface area contributed by atoms with E-state index in [9.17, 15) is 0 Å². The van der Waals surface area contributed by atoms with Crippen molar-refractivity contribution in [1.82, 2.24) is 4.90 Å². The van der Waals surface area contributed by atoms with E-state index in [1.807, 2.05) is 0 Å². The molecule has 1 atom stereocenters. The summed E-state index contributed by atoms with van der Waals surface area (Å²) < 4.78 is 5.84. The molecule has 3 heteroatoms. The highest BCUT2D eigenvalue weighted by Gasteiger charge is 2.32. The minimum atomic E-state index is 0.417. The molecule has 0 radical (unpaired) electrons. The molecular weight excluding hydrogens is 248 g/mol. The zero-order chi connectivity index (χ0) is 13.9. The first-order valence-corrected chi connectivity index (χ1v) is 7.96. The summed E-state index contributed by atoms with van der Waals surface area (Å²) in [6, 6.07) is 10.2. The first-order chi connectivity index (χ1) is 9.79. The van der Waals surface area contributed by atoms with Crippen LogP contribution in [0.5, 0.6) is 0 Å². The number of hydrogen-bond acceptors (Lipinski definition) is 3. The van der Waals surface area contributed by atoms with Gasteiger partial charge in [0.05, 0.1) is 19.3 Å². The van der Waals surface area contributed by atoms with Gasteiger partial charge < -0.3 is 10.5 Å². The van der Waals surface area contributed by atoms with E-state index in [-0.39, 0.29) is 0 Å². The standard InChI is InChI=1S/C17H26N2O/c1-2-19(15-9-7-14(18)8-10-15)17-12-20-11-13-5-3-4-6-16(13)17/h3-6,14-15,17H,2,7-12,18H2,1H3. The molecule has 3 rings (SSSR count). The van der Waals surface area contributed by atoms with E-state index >= 15 is 0 Å². The number of nitrogens with zero attached hydrogens (tertiary/aromatic N) is 1. The predicted octanol–water partition coefficient (Wildman–Crippen LogP) is 2.85. The fourth-order valence-electron chi connectivity index (χ4n) is 3.80. The minimum absolute atomic E-state index is 0.417. The van der Waals surface area contributed by atoms with Crippen LogP contribution in [0.4, 0.5) is 0 Å². The monoisotopic (exact) mass is 274 g/mol. The first-order valence-electron chi connectivity index (χ1n) is 7.96. The summed E-state index contributed by atoms with van der Waals surface area (Å²) in [5.74, 6) is 0. The Morgan fingerprint density at radius 3 is 2.70 bits per heavy atom. The average Bonchev–Trinajstić information content (AvgIpc) is 2.50. The molecule has 2 aliphatic rings. The van der Waals surface area contributed by atoms with Crippen LogP contribution in [0.2, 0.25) is 0 Å². The van der Waals surface area contributed by atoms with Gasteiger partial charge in [-0.3, -0.25) is 4.90 Å². The molecule has 1 aliphatic carbocycles. The van der Waals surface area contributed by atoms with Gasteiger partial charge in [0.15, 0.2) is 0 Å². The Balaban J connectivity index is 1.80. The van der Waals surface area contributed by atoms with Crippen LogP contribution in [0.15, 0.2) is 24.3 Å². The third-order valence-corrected chi connectivity index (χ3v) is 4.92. The number of ether oxygens (including phenoxy) is 1. The Labute approximate surface area is 122 Å². The third-order valence-electron chi connectivity index (χ3n) is 4.92. The molecule has 20 heavy (non-hydrogen) atoms. The van der Waals surface area contributed by atoms with E-state index in [0.717, 1.165) is 32.6 Å². The molecule has 1 heterocycles. The highest BCUT2D eigenvalue weighted by atomic mass is 16.5. The highest BCUT2D eigenvalue weighted by molar-refractivity contribution is 5.31. The zero-order valence-electron chi connectivity index (χ0n) is 12.4. The van der Waals surface area contributed by atoms with Gasteiger partial charge in [0.2, 0.25) is 0 Å². The second-order valence-electron chi connectivity index (χ2n) is 6.13. The molecule has 1 unspecified atom stereocenters. The lowest BCUT2D eigenvalue weighted by molar-refractivity contribution is 0.00725. The molecule has 1 fully saturated rings. The van der Waals surface area contributed by atoms with Crippen molar-refractivity contribution >= 4 is 0 Å². The lowest BCUT2D eigenvalue weighted by atomic mass is 9.88. The van der Waals surface area contributed by atoms with E-state index in [0.29, 0.717) is 18.1 Å². The van der Waals surface area contributed by atoms with Crippen LogP contribution in [0.3, 0.4) is 0 Å². The van der Waals surface area contributed by atoms with Crippen LogP contribution in [-0.2, 0) is 11.3 Å². The number of fused-ring (bicyclic) bond motifs is 1. The summed E-state index contributed by atoms with van der Waals surface area (Å²) in [6.07, 6.45) is 4.79. The maximum atomic E-state index is 6.05. The van der Waals surface area contributed by atoms with Crippen molar-refractivity contribution in [1.29, 1.82) is 0 Å². The molecule has 3 nitrogen and oxygen atoms in total. The minimum Gasteiger partial charge on any atom is -0.375 e. The van der Waals surface area contributed by atoms with Gasteiger partial charge in [-0.1, -0.05) is 31.2 Å². The van der Waals surface area contributed by atoms with E-state index in [1.54, 1.807) is 0 Å². The van der Waals surface area contributed by atoms with Crippen molar-refractivity contribution in [2.24, 2.45) is 5.73 Å². The summed E-state index contributed by atoms with van der Waals surface area (Å²) in [5.41, 5.74) is 8.87. The lowest BCUT2D eigenvalue weighted by Gasteiger charge is -2.42. The summed E-state index contributed by atoms with van der Waals surface area (Å²) in [4.78, 5) is 2.64. The highest BCUT2D eigenvalue weighted by Crippen LogP contribution is 2.34. The summed E-state index contributed by atoms with van der Waals surface area (Å²) in [7, 11) is 0. The van der Waals surface area contributed by atoms with Crippen molar-refractivity contribution in [3.63, 3.8) is 0 Å². The second kappa shape index (κ2) is 6.25. The van der Waals surface area contributed by atoms with Crippen LogP contribution in [-0.4, -0.2) is 30.1 Å². The Bertz CT molecular complexity index is 440. The fraction of sp³-hybridized carbons (Fsp3) is 0.647. The summed E-state index contributed by atoms with van der Waals surface area (Å²) in [6.45, 7) is 4.95. The van der Waals surface area contributed by atoms with Gasteiger partial charge in [0, 0.05) is 12.1 Å². The first kappa shape index (κ1) is 14.1. The van der Waals surface area contributed by atoms with E-state index in [1.165, 1.54) is 24.0 Å². The molecular formula is C17H26N2O. The van der Waals surface area contributed by atoms with Crippen LogP contribution < -0.4 is 5.73 Å². The molecule has 0 bridgehead atoms. The number of benzene rings is 1. The Morgan fingerprint density at radius 2 is 1.95 bits per heavy atom. The molecule has 1 saturated carbocycles. The number of rotatable bonds is 3. The van der Waals surface area contributed by atoms with E-state index in [4.69, 9.17) is 10.5 Å². The van der Waals surface area contributed by atoms with Gasteiger partial charge in [-0.05, 0) is 43.4 Å². The maximum absolute atomic E-state index is 6.05. The van der Waals surface area contributed by atoms with Gasteiger partial charge in [0.25, 0.3) is 0 Å². The van der Waals surface area contributed by atoms with Gasteiger partial charge in [0.1, 0.15) is 0 Å². The molecule has 0 saturated heterocycles. The van der Waals surface area contributed by atoms with Crippen molar-refractivity contribution in [3.05, 3.63) is 35.4 Å². The summed E-state index contributed by atoms with van der Waals surface area (Å²) >= 11 is 0. The molecule has 110 valence electrons. The van der Waals surface area contributed by atoms with E-state index in [2.05, 4.69) is 36.1 Å². The lowest BCUT2D eigenvalue weighted by Crippen LogP contribution is -2.45. The molecule has 2 N–H and O–H groups in total. The van der Waals surface area contributed by atoms with Crippen LogP contribution in [0, 0.1) is 0 Å². The SMILES string of the molecule is CCN(C1CCC(N)CC1)C1COCc2ccccc21.